The van der Waals surface area contributed by atoms with Crippen LogP contribution in [-0.2, 0) is 16.0 Å². The minimum absolute atomic E-state index is 0.101. The highest BCUT2D eigenvalue weighted by atomic mass is 16.2. The molecule has 0 radical (unpaired) electrons. The first-order valence-corrected chi connectivity index (χ1v) is 8.68. The summed E-state index contributed by atoms with van der Waals surface area (Å²) in [4.78, 5) is 32.5. The van der Waals surface area contributed by atoms with Gasteiger partial charge < -0.3 is 9.80 Å². The van der Waals surface area contributed by atoms with E-state index < -0.39 is 0 Å². The van der Waals surface area contributed by atoms with E-state index in [1.165, 1.54) is 0 Å². The summed E-state index contributed by atoms with van der Waals surface area (Å²) < 4.78 is 0. The van der Waals surface area contributed by atoms with Crippen LogP contribution >= 0.6 is 0 Å². The number of rotatable bonds is 4. The Labute approximate surface area is 137 Å². The van der Waals surface area contributed by atoms with Crippen molar-refractivity contribution in [1.82, 2.24) is 14.8 Å². The lowest BCUT2D eigenvalue weighted by molar-refractivity contribution is -0.139. The van der Waals surface area contributed by atoms with E-state index in [1.807, 2.05) is 29.3 Å². The van der Waals surface area contributed by atoms with Crippen LogP contribution in [0.5, 0.6) is 0 Å². The van der Waals surface area contributed by atoms with Crippen molar-refractivity contribution in [3.63, 3.8) is 0 Å². The van der Waals surface area contributed by atoms with E-state index in [9.17, 15) is 9.59 Å². The number of hydrogen-bond donors (Lipinski definition) is 0. The zero-order valence-electron chi connectivity index (χ0n) is 13.6. The highest BCUT2D eigenvalue weighted by molar-refractivity contribution is 5.85. The fraction of sp³-hybridized carbons (Fsp3) is 0.611. The first-order valence-electron chi connectivity index (χ1n) is 8.68. The lowest BCUT2D eigenvalue weighted by atomic mass is 10.0. The summed E-state index contributed by atoms with van der Waals surface area (Å²) >= 11 is 0. The van der Waals surface area contributed by atoms with Crippen molar-refractivity contribution in [2.24, 2.45) is 5.92 Å². The molecule has 0 saturated carbocycles. The van der Waals surface area contributed by atoms with Crippen LogP contribution in [0.4, 0.5) is 0 Å². The smallest absolute Gasteiger partial charge is 0.242 e. The average molecular weight is 315 g/mol. The Hall–Kier alpha value is -1.91. The summed E-state index contributed by atoms with van der Waals surface area (Å²) in [5.41, 5.74) is 1.09. The maximum Gasteiger partial charge on any atom is 0.242 e. The van der Waals surface area contributed by atoms with Gasteiger partial charge in [0.05, 0.1) is 6.54 Å². The Morgan fingerprint density at radius 2 is 2.13 bits per heavy atom. The Morgan fingerprint density at radius 1 is 1.22 bits per heavy atom. The number of pyridine rings is 1. The fourth-order valence-corrected chi connectivity index (χ4v) is 3.51. The molecule has 2 aliphatic heterocycles. The molecule has 1 unspecified atom stereocenters. The molecule has 1 atom stereocenters. The molecule has 0 aliphatic carbocycles. The maximum atomic E-state index is 12.5. The summed E-state index contributed by atoms with van der Waals surface area (Å²) in [5.74, 6) is 0.720. The molecule has 0 spiro atoms. The zero-order chi connectivity index (χ0) is 16.1. The second-order valence-corrected chi connectivity index (χ2v) is 6.65. The maximum absolute atomic E-state index is 12.5. The number of carbonyl (C=O) groups excluding carboxylic acids is 2. The van der Waals surface area contributed by atoms with Crippen molar-refractivity contribution in [2.75, 3.05) is 26.2 Å². The molecule has 5 heteroatoms. The minimum atomic E-state index is 0.101. The fourth-order valence-electron chi connectivity index (χ4n) is 3.51. The molecular weight excluding hydrogens is 290 g/mol. The predicted octanol–water partition coefficient (Wildman–Crippen LogP) is 1.88. The van der Waals surface area contributed by atoms with Gasteiger partial charge in [-0.15, -0.1) is 0 Å². The van der Waals surface area contributed by atoms with Crippen LogP contribution in [0.25, 0.3) is 0 Å². The van der Waals surface area contributed by atoms with E-state index in [4.69, 9.17) is 0 Å². The summed E-state index contributed by atoms with van der Waals surface area (Å²) in [6, 6.07) is 5.97. The van der Waals surface area contributed by atoms with Crippen molar-refractivity contribution >= 4 is 11.8 Å². The Morgan fingerprint density at radius 3 is 2.96 bits per heavy atom. The van der Waals surface area contributed by atoms with Crippen LogP contribution in [-0.4, -0.2) is 52.8 Å². The second kappa shape index (κ2) is 7.57. The van der Waals surface area contributed by atoms with E-state index in [0.717, 1.165) is 57.4 Å². The number of hydrogen-bond acceptors (Lipinski definition) is 3. The van der Waals surface area contributed by atoms with E-state index in [2.05, 4.69) is 4.98 Å². The first kappa shape index (κ1) is 16.0. The van der Waals surface area contributed by atoms with Gasteiger partial charge in [-0.05, 0) is 43.7 Å². The van der Waals surface area contributed by atoms with Gasteiger partial charge in [0.1, 0.15) is 0 Å². The molecule has 1 aromatic rings. The van der Waals surface area contributed by atoms with Gasteiger partial charge in [0.25, 0.3) is 0 Å². The quantitative estimate of drug-likeness (QED) is 0.852. The van der Waals surface area contributed by atoms with Crippen molar-refractivity contribution in [1.29, 1.82) is 0 Å². The molecule has 2 aliphatic rings. The molecular formula is C18H25N3O2. The largest absolute Gasteiger partial charge is 0.341 e. The van der Waals surface area contributed by atoms with Gasteiger partial charge in [0.15, 0.2) is 0 Å². The molecule has 1 aromatic heterocycles. The number of amides is 2. The lowest BCUT2D eigenvalue weighted by Crippen LogP contribution is -2.42. The van der Waals surface area contributed by atoms with Gasteiger partial charge >= 0.3 is 0 Å². The molecule has 23 heavy (non-hydrogen) atoms. The lowest BCUT2D eigenvalue weighted by Gasteiger charge is -2.24. The van der Waals surface area contributed by atoms with E-state index in [-0.39, 0.29) is 18.4 Å². The average Bonchev–Trinajstić information content (AvgIpc) is 2.93. The van der Waals surface area contributed by atoms with Crippen LogP contribution in [0, 0.1) is 5.92 Å². The predicted molar refractivity (Wildman–Crippen MR) is 87.7 cm³/mol. The Balaban J connectivity index is 1.50. The first-order chi connectivity index (χ1) is 11.2. The molecule has 3 heterocycles. The molecule has 2 saturated heterocycles. The minimum Gasteiger partial charge on any atom is -0.341 e. The van der Waals surface area contributed by atoms with Gasteiger partial charge in [0, 0.05) is 37.9 Å². The van der Waals surface area contributed by atoms with Gasteiger partial charge in [0.2, 0.25) is 11.8 Å². The summed E-state index contributed by atoms with van der Waals surface area (Å²) in [6.07, 6.45) is 7.42. The number of aromatic nitrogens is 1. The van der Waals surface area contributed by atoms with Gasteiger partial charge in [-0.25, -0.2) is 0 Å². The molecule has 2 fully saturated rings. The van der Waals surface area contributed by atoms with E-state index in [0.29, 0.717) is 12.3 Å². The van der Waals surface area contributed by atoms with Gasteiger partial charge in [-0.3, -0.25) is 14.6 Å². The topological polar surface area (TPSA) is 53.5 Å². The Bertz CT molecular complexity index is 546. The van der Waals surface area contributed by atoms with Crippen LogP contribution < -0.4 is 0 Å². The van der Waals surface area contributed by atoms with Gasteiger partial charge in [-0.1, -0.05) is 12.5 Å². The number of nitrogens with zero attached hydrogens (tertiary/aromatic N) is 3. The standard InChI is InChI=1S/C18H25N3O2/c22-17-7-2-1-5-10-20(17)14-18(23)21-11-8-15(13-21)12-16-6-3-4-9-19-16/h3-4,6,9,15H,1-2,5,7-8,10-14H2. The third-order valence-corrected chi connectivity index (χ3v) is 4.86. The third-order valence-electron chi connectivity index (χ3n) is 4.86. The SMILES string of the molecule is O=C1CCCCCN1CC(=O)N1CCC(Cc2ccccn2)C1. The van der Waals surface area contributed by atoms with Gasteiger partial charge in [-0.2, -0.15) is 0 Å². The summed E-state index contributed by atoms with van der Waals surface area (Å²) in [5, 5.41) is 0. The Kier molecular flexibility index (Phi) is 5.26. The third kappa shape index (κ3) is 4.30. The second-order valence-electron chi connectivity index (χ2n) is 6.65. The van der Waals surface area contributed by atoms with Crippen molar-refractivity contribution in [3.8, 4) is 0 Å². The highest BCUT2D eigenvalue weighted by Gasteiger charge is 2.28. The molecule has 0 aromatic carbocycles. The van der Waals surface area contributed by atoms with Crippen molar-refractivity contribution < 1.29 is 9.59 Å². The summed E-state index contributed by atoms with van der Waals surface area (Å²) in [7, 11) is 0. The monoisotopic (exact) mass is 315 g/mol. The van der Waals surface area contributed by atoms with Crippen LogP contribution in [0.1, 0.15) is 37.8 Å². The molecule has 0 bridgehead atoms. The van der Waals surface area contributed by atoms with Crippen LogP contribution in [0.3, 0.4) is 0 Å². The zero-order valence-corrected chi connectivity index (χ0v) is 13.6. The normalized spacial score (nSPS) is 22.3. The van der Waals surface area contributed by atoms with E-state index in [1.54, 1.807) is 4.90 Å². The van der Waals surface area contributed by atoms with Crippen molar-refractivity contribution in [3.05, 3.63) is 30.1 Å². The summed E-state index contributed by atoms with van der Waals surface area (Å²) in [6.45, 7) is 2.58. The molecule has 2 amide bonds. The molecule has 124 valence electrons. The van der Waals surface area contributed by atoms with Crippen molar-refractivity contribution in [2.45, 2.75) is 38.5 Å². The highest BCUT2D eigenvalue weighted by Crippen LogP contribution is 2.20. The van der Waals surface area contributed by atoms with Crippen LogP contribution in [0.2, 0.25) is 0 Å². The number of carbonyl (C=O) groups is 2. The molecule has 3 rings (SSSR count). The molecule has 0 N–H and O–H groups in total. The van der Waals surface area contributed by atoms with Crippen LogP contribution in [0.15, 0.2) is 24.4 Å². The molecule has 5 nitrogen and oxygen atoms in total. The van der Waals surface area contributed by atoms with E-state index >= 15 is 0 Å². The number of likely N-dealkylation sites (tertiary alicyclic amines) is 2.